The summed E-state index contributed by atoms with van der Waals surface area (Å²) in [6.07, 6.45) is 3.09. The first kappa shape index (κ1) is 11.1. The van der Waals surface area contributed by atoms with E-state index in [1.165, 1.54) is 12.3 Å². The Morgan fingerprint density at radius 3 is 2.88 bits per heavy atom. The van der Waals surface area contributed by atoms with Crippen LogP contribution in [0.1, 0.15) is 5.56 Å². The lowest BCUT2D eigenvalue weighted by Crippen LogP contribution is -2.00. The van der Waals surface area contributed by atoms with E-state index in [9.17, 15) is 14.5 Å². The molecule has 0 saturated carbocycles. The van der Waals surface area contributed by atoms with Crippen molar-refractivity contribution in [3.05, 3.63) is 58.3 Å². The van der Waals surface area contributed by atoms with Gasteiger partial charge in [-0.15, -0.1) is 0 Å². The number of furan rings is 1. The minimum Gasteiger partial charge on any atom is -0.472 e. The molecule has 1 heterocycles. The molecule has 88 valence electrons. The van der Waals surface area contributed by atoms with Crippen molar-refractivity contribution in [2.75, 3.05) is 5.32 Å². The van der Waals surface area contributed by atoms with E-state index in [-0.39, 0.29) is 0 Å². The molecule has 0 aliphatic rings. The third-order valence-corrected chi connectivity index (χ3v) is 2.22. The average molecular weight is 236 g/mol. The molecular formula is C11H9FN2O3. The van der Waals surface area contributed by atoms with Crippen LogP contribution in [-0.2, 0) is 6.54 Å². The molecule has 0 atom stereocenters. The molecule has 1 aromatic heterocycles. The zero-order valence-electron chi connectivity index (χ0n) is 8.72. The van der Waals surface area contributed by atoms with Crippen LogP contribution in [0.25, 0.3) is 0 Å². The Hall–Kier alpha value is -2.37. The van der Waals surface area contributed by atoms with E-state index in [0.717, 1.165) is 17.7 Å². The van der Waals surface area contributed by atoms with Gasteiger partial charge in [-0.2, -0.15) is 4.39 Å². The van der Waals surface area contributed by atoms with Gasteiger partial charge >= 0.3 is 5.69 Å². The zero-order valence-corrected chi connectivity index (χ0v) is 8.72. The molecular weight excluding hydrogens is 227 g/mol. The van der Waals surface area contributed by atoms with Gasteiger partial charge in [-0.05, 0) is 18.2 Å². The van der Waals surface area contributed by atoms with Crippen LogP contribution in [0.2, 0.25) is 0 Å². The first-order chi connectivity index (χ1) is 8.16. The van der Waals surface area contributed by atoms with Gasteiger partial charge in [0.1, 0.15) is 0 Å². The number of hydrogen-bond donors (Lipinski definition) is 1. The van der Waals surface area contributed by atoms with Crippen LogP contribution in [0.4, 0.5) is 15.8 Å². The molecule has 2 rings (SSSR count). The maximum atomic E-state index is 13.0. The molecule has 0 aliphatic carbocycles. The molecule has 2 aromatic rings. The molecule has 0 aliphatic heterocycles. The highest BCUT2D eigenvalue weighted by Crippen LogP contribution is 2.21. The fourth-order valence-corrected chi connectivity index (χ4v) is 1.36. The number of nitrogens with one attached hydrogen (secondary N) is 1. The average Bonchev–Trinajstić information content (AvgIpc) is 2.80. The van der Waals surface area contributed by atoms with Gasteiger partial charge in [-0.25, -0.2) is 0 Å². The van der Waals surface area contributed by atoms with Gasteiger partial charge in [0.05, 0.1) is 17.4 Å². The van der Waals surface area contributed by atoms with E-state index < -0.39 is 16.4 Å². The summed E-state index contributed by atoms with van der Waals surface area (Å²) in [7, 11) is 0. The number of rotatable bonds is 4. The third-order valence-electron chi connectivity index (χ3n) is 2.22. The number of nitrogens with zero attached hydrogens (tertiary/aromatic N) is 1. The number of nitro benzene ring substituents is 1. The number of benzene rings is 1. The molecule has 0 spiro atoms. The highest BCUT2D eigenvalue weighted by Gasteiger charge is 2.13. The van der Waals surface area contributed by atoms with E-state index >= 15 is 0 Å². The summed E-state index contributed by atoms with van der Waals surface area (Å²) in [5.41, 5.74) is 0.846. The fourth-order valence-electron chi connectivity index (χ4n) is 1.36. The summed E-state index contributed by atoms with van der Waals surface area (Å²) in [5.74, 6) is -0.844. The van der Waals surface area contributed by atoms with Crippen LogP contribution in [0, 0.1) is 15.9 Å². The Morgan fingerprint density at radius 2 is 2.24 bits per heavy atom. The monoisotopic (exact) mass is 236 g/mol. The molecule has 0 amide bonds. The van der Waals surface area contributed by atoms with Crippen molar-refractivity contribution in [3.8, 4) is 0 Å². The summed E-state index contributed by atoms with van der Waals surface area (Å²) in [5, 5.41) is 13.5. The second-order valence-corrected chi connectivity index (χ2v) is 3.41. The van der Waals surface area contributed by atoms with Crippen molar-refractivity contribution in [1.29, 1.82) is 0 Å². The zero-order chi connectivity index (χ0) is 12.3. The van der Waals surface area contributed by atoms with Crippen molar-refractivity contribution in [2.45, 2.75) is 6.54 Å². The van der Waals surface area contributed by atoms with Crippen LogP contribution >= 0.6 is 0 Å². The van der Waals surface area contributed by atoms with Crippen LogP contribution in [0.5, 0.6) is 0 Å². The van der Waals surface area contributed by atoms with Gasteiger partial charge in [0, 0.05) is 23.9 Å². The van der Waals surface area contributed by atoms with Crippen LogP contribution in [0.3, 0.4) is 0 Å². The maximum absolute atomic E-state index is 13.0. The van der Waals surface area contributed by atoms with Gasteiger partial charge in [-0.3, -0.25) is 10.1 Å². The van der Waals surface area contributed by atoms with E-state index in [2.05, 4.69) is 5.32 Å². The number of halogens is 1. The smallest absolute Gasteiger partial charge is 0.306 e. The maximum Gasteiger partial charge on any atom is 0.306 e. The summed E-state index contributed by atoms with van der Waals surface area (Å²) in [4.78, 5) is 9.78. The van der Waals surface area contributed by atoms with Crippen LogP contribution < -0.4 is 5.32 Å². The SMILES string of the molecule is O=[N+]([O-])c1cc(NCc2ccoc2)ccc1F. The lowest BCUT2D eigenvalue weighted by Gasteiger charge is -2.04. The van der Waals surface area contributed by atoms with E-state index in [1.54, 1.807) is 12.3 Å². The molecule has 0 radical (unpaired) electrons. The van der Waals surface area contributed by atoms with Gasteiger partial charge in [-0.1, -0.05) is 0 Å². The Kier molecular flexibility index (Phi) is 3.04. The highest BCUT2D eigenvalue weighted by atomic mass is 19.1. The molecule has 1 N–H and O–H groups in total. The lowest BCUT2D eigenvalue weighted by molar-refractivity contribution is -0.387. The Labute approximate surface area is 96.0 Å². The standard InChI is InChI=1S/C11H9FN2O3/c12-10-2-1-9(5-11(10)14(15)16)13-6-8-3-4-17-7-8/h1-5,7,13H,6H2. The second-order valence-electron chi connectivity index (χ2n) is 3.41. The largest absolute Gasteiger partial charge is 0.472 e. The van der Waals surface area contributed by atoms with Gasteiger partial charge in [0.15, 0.2) is 0 Å². The number of nitro groups is 1. The predicted molar refractivity (Wildman–Crippen MR) is 59.1 cm³/mol. The van der Waals surface area contributed by atoms with Gasteiger partial charge in [0.2, 0.25) is 5.82 Å². The minimum absolute atomic E-state index is 0.458. The molecule has 0 unspecified atom stereocenters. The summed E-state index contributed by atoms with van der Waals surface area (Å²) < 4.78 is 17.9. The first-order valence-corrected chi connectivity index (χ1v) is 4.85. The fraction of sp³-hybridized carbons (Fsp3) is 0.0909. The topological polar surface area (TPSA) is 68.3 Å². The van der Waals surface area contributed by atoms with E-state index in [1.807, 2.05) is 0 Å². The molecule has 17 heavy (non-hydrogen) atoms. The normalized spacial score (nSPS) is 10.2. The van der Waals surface area contributed by atoms with Gasteiger partial charge < -0.3 is 9.73 Å². The predicted octanol–water partition coefficient (Wildman–Crippen LogP) is 2.94. The second kappa shape index (κ2) is 4.65. The summed E-state index contributed by atoms with van der Waals surface area (Å²) in [6.45, 7) is 0.458. The van der Waals surface area contributed by atoms with E-state index in [0.29, 0.717) is 12.2 Å². The Morgan fingerprint density at radius 1 is 1.41 bits per heavy atom. The Balaban J connectivity index is 2.11. The molecule has 6 heteroatoms. The van der Waals surface area contributed by atoms with Crippen molar-refractivity contribution in [1.82, 2.24) is 0 Å². The van der Waals surface area contributed by atoms with Crippen molar-refractivity contribution in [3.63, 3.8) is 0 Å². The molecule has 0 bridgehead atoms. The molecule has 0 fully saturated rings. The number of hydrogen-bond acceptors (Lipinski definition) is 4. The highest BCUT2D eigenvalue weighted by molar-refractivity contribution is 5.51. The quantitative estimate of drug-likeness (QED) is 0.654. The molecule has 1 aromatic carbocycles. The van der Waals surface area contributed by atoms with E-state index in [4.69, 9.17) is 4.42 Å². The molecule has 5 nitrogen and oxygen atoms in total. The van der Waals surface area contributed by atoms with Crippen molar-refractivity contribution in [2.24, 2.45) is 0 Å². The van der Waals surface area contributed by atoms with Crippen LogP contribution in [-0.4, -0.2) is 4.92 Å². The minimum atomic E-state index is -0.844. The Bertz CT molecular complexity index is 526. The summed E-state index contributed by atoms with van der Waals surface area (Å²) >= 11 is 0. The lowest BCUT2D eigenvalue weighted by atomic mass is 10.2. The number of anilines is 1. The van der Waals surface area contributed by atoms with Crippen molar-refractivity contribution >= 4 is 11.4 Å². The third kappa shape index (κ3) is 2.60. The van der Waals surface area contributed by atoms with Gasteiger partial charge in [0.25, 0.3) is 0 Å². The van der Waals surface area contributed by atoms with Crippen LogP contribution in [0.15, 0.2) is 41.2 Å². The van der Waals surface area contributed by atoms with Crippen molar-refractivity contribution < 1.29 is 13.7 Å². The first-order valence-electron chi connectivity index (χ1n) is 4.85. The molecule has 0 saturated heterocycles. The summed E-state index contributed by atoms with van der Waals surface area (Å²) in [6, 6.07) is 5.44.